The fraction of sp³-hybridized carbons (Fsp3) is 0.450. The van der Waals surface area contributed by atoms with Gasteiger partial charge in [-0.25, -0.2) is 4.98 Å². The number of benzene rings is 1. The molecule has 2 aromatic rings. The summed E-state index contributed by atoms with van der Waals surface area (Å²) >= 11 is 3.15. The first-order chi connectivity index (χ1) is 14.3. The SMILES string of the molecule is O=C(c1csc(C2CCN(C(=O)c3ccccc3C(F)(F)F)CC2)n1)N1CCSC1. The van der Waals surface area contributed by atoms with Crippen molar-refractivity contribution < 1.29 is 22.8 Å². The zero-order valence-corrected chi connectivity index (χ0v) is 17.7. The quantitative estimate of drug-likeness (QED) is 0.692. The smallest absolute Gasteiger partial charge is 0.339 e. The molecule has 0 radical (unpaired) electrons. The van der Waals surface area contributed by atoms with Gasteiger partial charge in [-0.2, -0.15) is 13.2 Å². The molecule has 4 rings (SSSR count). The lowest BCUT2D eigenvalue weighted by Crippen LogP contribution is -2.38. The van der Waals surface area contributed by atoms with Crippen LogP contribution >= 0.6 is 23.1 Å². The molecule has 0 atom stereocenters. The molecular weight excluding hydrogens is 435 g/mol. The molecule has 0 spiro atoms. The summed E-state index contributed by atoms with van der Waals surface area (Å²) < 4.78 is 39.7. The first-order valence-corrected chi connectivity index (χ1v) is 11.7. The number of thiazole rings is 1. The third kappa shape index (κ3) is 4.34. The van der Waals surface area contributed by atoms with Crippen molar-refractivity contribution in [3.8, 4) is 0 Å². The molecule has 0 unspecified atom stereocenters. The van der Waals surface area contributed by atoms with Crippen LogP contribution in [-0.4, -0.2) is 57.9 Å². The molecule has 10 heteroatoms. The second-order valence-electron chi connectivity index (χ2n) is 7.29. The van der Waals surface area contributed by atoms with E-state index in [1.165, 1.54) is 34.4 Å². The molecule has 0 N–H and O–H groups in total. The van der Waals surface area contributed by atoms with E-state index in [1.807, 2.05) is 0 Å². The fourth-order valence-electron chi connectivity index (χ4n) is 3.73. The molecule has 1 aromatic carbocycles. The van der Waals surface area contributed by atoms with E-state index < -0.39 is 17.6 Å². The zero-order valence-electron chi connectivity index (χ0n) is 16.0. The highest BCUT2D eigenvalue weighted by atomic mass is 32.2. The molecule has 2 aliphatic rings. The van der Waals surface area contributed by atoms with Crippen molar-refractivity contribution >= 4 is 34.9 Å². The molecular formula is C20H20F3N3O2S2. The highest BCUT2D eigenvalue weighted by Crippen LogP contribution is 2.35. The van der Waals surface area contributed by atoms with Gasteiger partial charge in [-0.1, -0.05) is 12.1 Å². The van der Waals surface area contributed by atoms with E-state index in [9.17, 15) is 22.8 Å². The van der Waals surface area contributed by atoms with Gasteiger partial charge in [-0.05, 0) is 25.0 Å². The van der Waals surface area contributed by atoms with Crippen LogP contribution in [0.15, 0.2) is 29.6 Å². The van der Waals surface area contributed by atoms with Crippen LogP contribution in [0.1, 0.15) is 50.2 Å². The van der Waals surface area contributed by atoms with E-state index >= 15 is 0 Å². The Morgan fingerprint density at radius 1 is 1.03 bits per heavy atom. The number of carbonyl (C=O) groups excluding carboxylic acids is 2. The number of carbonyl (C=O) groups is 2. The van der Waals surface area contributed by atoms with Gasteiger partial charge in [0.2, 0.25) is 0 Å². The molecule has 2 aliphatic heterocycles. The minimum absolute atomic E-state index is 0.0566. The molecule has 0 bridgehead atoms. The standard InChI is InChI=1S/C20H20F3N3O2S2/c21-20(22,23)15-4-2-1-3-14(15)18(27)25-7-5-13(6-8-25)17-24-16(11-30-17)19(28)26-9-10-29-12-26/h1-4,11,13H,5-10,12H2. The summed E-state index contributed by atoms with van der Waals surface area (Å²) in [6.45, 7) is 1.46. The lowest BCUT2D eigenvalue weighted by molar-refractivity contribution is -0.138. The largest absolute Gasteiger partial charge is 0.417 e. The summed E-state index contributed by atoms with van der Waals surface area (Å²) in [4.78, 5) is 33.0. The molecule has 160 valence electrons. The zero-order chi connectivity index (χ0) is 21.3. The first kappa shape index (κ1) is 21.2. The summed E-state index contributed by atoms with van der Waals surface area (Å²) in [5.41, 5.74) is -0.760. The van der Waals surface area contributed by atoms with Crippen molar-refractivity contribution in [3.63, 3.8) is 0 Å². The Labute approximate surface area is 180 Å². The minimum atomic E-state index is -4.57. The number of thioether (sulfide) groups is 1. The lowest BCUT2D eigenvalue weighted by atomic mass is 9.96. The number of rotatable bonds is 3. The van der Waals surface area contributed by atoms with Gasteiger partial charge in [0.05, 0.1) is 22.0 Å². The van der Waals surface area contributed by atoms with E-state index in [1.54, 1.807) is 22.0 Å². The molecule has 2 fully saturated rings. The van der Waals surface area contributed by atoms with Crippen molar-refractivity contribution in [1.29, 1.82) is 0 Å². The molecule has 2 amide bonds. The van der Waals surface area contributed by atoms with Crippen LogP contribution in [0.2, 0.25) is 0 Å². The van der Waals surface area contributed by atoms with Gasteiger partial charge in [0.1, 0.15) is 5.69 Å². The Morgan fingerprint density at radius 2 is 1.77 bits per heavy atom. The van der Waals surface area contributed by atoms with Crippen LogP contribution < -0.4 is 0 Å². The van der Waals surface area contributed by atoms with Gasteiger partial charge in [0, 0.05) is 36.7 Å². The first-order valence-electron chi connectivity index (χ1n) is 9.62. The van der Waals surface area contributed by atoms with Crippen LogP contribution in [0.25, 0.3) is 0 Å². The van der Waals surface area contributed by atoms with Gasteiger partial charge in [0.25, 0.3) is 11.8 Å². The number of likely N-dealkylation sites (tertiary alicyclic amines) is 1. The van der Waals surface area contributed by atoms with Crippen LogP contribution in [0.4, 0.5) is 13.2 Å². The van der Waals surface area contributed by atoms with E-state index in [0.717, 1.165) is 23.4 Å². The predicted molar refractivity (Wildman–Crippen MR) is 110 cm³/mol. The van der Waals surface area contributed by atoms with Gasteiger partial charge in [-0.3, -0.25) is 9.59 Å². The summed E-state index contributed by atoms with van der Waals surface area (Å²) in [6.07, 6.45) is -3.34. The molecule has 30 heavy (non-hydrogen) atoms. The Morgan fingerprint density at radius 3 is 2.43 bits per heavy atom. The van der Waals surface area contributed by atoms with Crippen LogP contribution in [-0.2, 0) is 6.18 Å². The number of halogens is 3. The maximum absolute atomic E-state index is 13.2. The van der Waals surface area contributed by atoms with Crippen molar-refractivity contribution in [2.24, 2.45) is 0 Å². The van der Waals surface area contributed by atoms with Gasteiger partial charge < -0.3 is 9.80 Å². The molecule has 0 saturated carbocycles. The summed E-state index contributed by atoms with van der Waals surface area (Å²) in [5, 5.41) is 2.63. The van der Waals surface area contributed by atoms with Crippen LogP contribution in [0, 0.1) is 0 Å². The Kier molecular flexibility index (Phi) is 6.06. The third-order valence-electron chi connectivity index (χ3n) is 5.38. The number of alkyl halides is 3. The Balaban J connectivity index is 1.40. The predicted octanol–water partition coefficient (Wildman–Crippen LogP) is 4.33. The van der Waals surface area contributed by atoms with Crippen LogP contribution in [0.3, 0.4) is 0 Å². The lowest BCUT2D eigenvalue weighted by Gasteiger charge is -2.31. The van der Waals surface area contributed by atoms with Gasteiger partial charge >= 0.3 is 6.18 Å². The average molecular weight is 456 g/mol. The fourth-order valence-corrected chi connectivity index (χ4v) is 5.64. The number of nitrogens with zero attached hydrogens (tertiary/aromatic N) is 3. The highest BCUT2D eigenvalue weighted by Gasteiger charge is 2.37. The van der Waals surface area contributed by atoms with E-state index in [2.05, 4.69) is 4.98 Å². The van der Waals surface area contributed by atoms with Crippen molar-refractivity contribution in [3.05, 3.63) is 51.5 Å². The number of piperidine rings is 1. The second kappa shape index (κ2) is 8.58. The normalized spacial score (nSPS) is 18.1. The maximum atomic E-state index is 13.2. The van der Waals surface area contributed by atoms with Crippen molar-refractivity contribution in [1.82, 2.24) is 14.8 Å². The van der Waals surface area contributed by atoms with Gasteiger partial charge in [-0.15, -0.1) is 23.1 Å². The van der Waals surface area contributed by atoms with Gasteiger partial charge in [0.15, 0.2) is 0 Å². The summed E-state index contributed by atoms with van der Waals surface area (Å²) in [5.74, 6) is 1.08. The molecule has 3 heterocycles. The average Bonchev–Trinajstić information content (AvgIpc) is 3.45. The summed E-state index contributed by atoms with van der Waals surface area (Å²) in [6, 6.07) is 4.90. The van der Waals surface area contributed by atoms with Crippen molar-refractivity contribution in [2.45, 2.75) is 24.9 Å². The second-order valence-corrected chi connectivity index (χ2v) is 9.25. The topological polar surface area (TPSA) is 53.5 Å². The number of aromatic nitrogens is 1. The Hall–Kier alpha value is -2.07. The van der Waals surface area contributed by atoms with Crippen molar-refractivity contribution in [2.75, 3.05) is 31.3 Å². The molecule has 0 aliphatic carbocycles. The number of hydrogen-bond acceptors (Lipinski definition) is 5. The minimum Gasteiger partial charge on any atom is -0.339 e. The number of amides is 2. The highest BCUT2D eigenvalue weighted by molar-refractivity contribution is 7.99. The summed E-state index contributed by atoms with van der Waals surface area (Å²) in [7, 11) is 0. The number of hydrogen-bond donors (Lipinski definition) is 0. The van der Waals surface area contributed by atoms with E-state index in [-0.39, 0.29) is 17.4 Å². The molecule has 5 nitrogen and oxygen atoms in total. The molecule has 2 saturated heterocycles. The van der Waals surface area contributed by atoms with E-state index in [0.29, 0.717) is 37.5 Å². The Bertz CT molecular complexity index is 933. The molecule has 1 aromatic heterocycles. The maximum Gasteiger partial charge on any atom is 0.417 e. The third-order valence-corrected chi connectivity index (χ3v) is 7.35. The van der Waals surface area contributed by atoms with Crippen LogP contribution in [0.5, 0.6) is 0 Å². The van der Waals surface area contributed by atoms with E-state index in [4.69, 9.17) is 0 Å². The monoisotopic (exact) mass is 455 g/mol.